The molecule has 3 N–H and O–H groups in total. The van der Waals surface area contributed by atoms with E-state index < -0.39 is 0 Å². The van der Waals surface area contributed by atoms with Gasteiger partial charge in [0.2, 0.25) is 5.91 Å². The summed E-state index contributed by atoms with van der Waals surface area (Å²) in [5.41, 5.74) is 7.64. The first-order valence-electron chi connectivity index (χ1n) is 15.7. The summed E-state index contributed by atoms with van der Waals surface area (Å²) in [7, 11) is 3.82. The van der Waals surface area contributed by atoms with E-state index in [4.69, 9.17) is 0 Å². The Balaban J connectivity index is 1.26. The highest BCUT2D eigenvalue weighted by atomic mass is 16.2. The van der Waals surface area contributed by atoms with Crippen molar-refractivity contribution in [1.82, 2.24) is 9.47 Å². The third-order valence-corrected chi connectivity index (χ3v) is 8.86. The van der Waals surface area contributed by atoms with Crippen molar-refractivity contribution in [2.45, 2.75) is 25.7 Å². The second-order valence-corrected chi connectivity index (χ2v) is 12.2. The van der Waals surface area contributed by atoms with Gasteiger partial charge in [0.1, 0.15) is 5.69 Å². The average molecular weight is 617 g/mol. The predicted octanol–water partition coefficient (Wildman–Crippen LogP) is 6.11. The average Bonchev–Trinajstić information content (AvgIpc) is 3.91. The Hall–Kier alpha value is -5.15. The summed E-state index contributed by atoms with van der Waals surface area (Å²) in [6.07, 6.45) is 5.48. The van der Waals surface area contributed by atoms with Crippen LogP contribution in [0.3, 0.4) is 0 Å². The van der Waals surface area contributed by atoms with Gasteiger partial charge < -0.3 is 30.3 Å². The van der Waals surface area contributed by atoms with Crippen molar-refractivity contribution in [3.8, 4) is 11.1 Å². The van der Waals surface area contributed by atoms with Crippen molar-refractivity contribution >= 4 is 40.3 Å². The number of rotatable bonds is 9. The lowest BCUT2D eigenvalue weighted by Gasteiger charge is -2.35. The number of hydrogen-bond acceptors (Lipinski definition) is 6. The van der Waals surface area contributed by atoms with Gasteiger partial charge in [-0.25, -0.2) is 0 Å². The van der Waals surface area contributed by atoms with Crippen LogP contribution in [0, 0.1) is 6.92 Å². The summed E-state index contributed by atoms with van der Waals surface area (Å²) in [6, 6.07) is 21.2. The molecule has 2 aliphatic rings. The summed E-state index contributed by atoms with van der Waals surface area (Å²) < 4.78 is 1.54. The number of carbonyl (C=O) groups is 2. The Morgan fingerprint density at radius 1 is 0.870 bits per heavy atom. The van der Waals surface area contributed by atoms with E-state index >= 15 is 0 Å². The predicted molar refractivity (Wildman–Crippen MR) is 186 cm³/mol. The van der Waals surface area contributed by atoms with Gasteiger partial charge in [-0.1, -0.05) is 30.8 Å². The van der Waals surface area contributed by atoms with E-state index in [2.05, 4.69) is 39.4 Å². The van der Waals surface area contributed by atoms with E-state index in [0.717, 1.165) is 48.6 Å². The highest BCUT2D eigenvalue weighted by Crippen LogP contribution is 2.40. The van der Waals surface area contributed by atoms with Crippen LogP contribution in [-0.2, 0) is 11.8 Å². The van der Waals surface area contributed by atoms with E-state index in [0.29, 0.717) is 34.2 Å². The molecule has 9 nitrogen and oxygen atoms in total. The highest BCUT2D eigenvalue weighted by molar-refractivity contribution is 6.05. The molecule has 3 aromatic carbocycles. The first kappa shape index (κ1) is 30.9. The number of amides is 2. The highest BCUT2D eigenvalue weighted by Gasteiger charge is 2.23. The van der Waals surface area contributed by atoms with Gasteiger partial charge in [-0.3, -0.25) is 14.4 Å². The number of pyridine rings is 1. The first-order valence-corrected chi connectivity index (χ1v) is 15.7. The Kier molecular flexibility index (Phi) is 8.76. The van der Waals surface area contributed by atoms with E-state index in [-0.39, 0.29) is 17.4 Å². The van der Waals surface area contributed by atoms with E-state index in [9.17, 15) is 14.4 Å². The molecule has 2 heterocycles. The number of likely N-dealkylation sites (N-methyl/N-ethyl adjacent to an activating group) is 1. The van der Waals surface area contributed by atoms with E-state index in [1.807, 2.05) is 73.7 Å². The van der Waals surface area contributed by atoms with Crippen molar-refractivity contribution in [2.24, 2.45) is 7.05 Å². The molecule has 46 heavy (non-hydrogen) atoms. The third-order valence-electron chi connectivity index (χ3n) is 8.86. The lowest BCUT2D eigenvalue weighted by Crippen LogP contribution is -2.44. The molecule has 1 aliphatic carbocycles. The lowest BCUT2D eigenvalue weighted by molar-refractivity contribution is -0.111. The van der Waals surface area contributed by atoms with Gasteiger partial charge in [0.15, 0.2) is 0 Å². The fraction of sp³-hybridized carbons (Fsp3) is 0.270. The van der Waals surface area contributed by atoms with Crippen LogP contribution < -0.4 is 26.4 Å². The van der Waals surface area contributed by atoms with Crippen LogP contribution in [0.5, 0.6) is 0 Å². The Morgan fingerprint density at radius 3 is 2.30 bits per heavy atom. The Labute approximate surface area is 269 Å². The minimum atomic E-state index is -0.303. The molecular weight excluding hydrogens is 576 g/mol. The van der Waals surface area contributed by atoms with Crippen molar-refractivity contribution in [3.63, 3.8) is 0 Å². The minimum Gasteiger partial charge on any atom is -0.367 e. The van der Waals surface area contributed by atoms with Crippen LogP contribution in [-0.4, -0.2) is 54.5 Å². The fourth-order valence-electron chi connectivity index (χ4n) is 5.93. The maximum absolute atomic E-state index is 13.3. The molecule has 2 fully saturated rings. The maximum Gasteiger partial charge on any atom is 0.274 e. The molecule has 0 bridgehead atoms. The molecule has 1 saturated heterocycles. The quantitative estimate of drug-likeness (QED) is 0.196. The molecule has 6 rings (SSSR count). The largest absolute Gasteiger partial charge is 0.367 e. The number of carbonyl (C=O) groups excluding carboxylic acids is 2. The second-order valence-electron chi connectivity index (χ2n) is 12.2. The van der Waals surface area contributed by atoms with Gasteiger partial charge in [-0.2, -0.15) is 0 Å². The molecule has 0 unspecified atom stereocenters. The summed E-state index contributed by atoms with van der Waals surface area (Å²) in [6.45, 7) is 9.10. The van der Waals surface area contributed by atoms with Crippen LogP contribution in [0.15, 0.2) is 90.4 Å². The minimum absolute atomic E-state index is 0.162. The van der Waals surface area contributed by atoms with Crippen LogP contribution in [0.4, 0.5) is 28.4 Å². The molecule has 1 aromatic heterocycles. The number of aryl methyl sites for hydroxylation is 1. The zero-order valence-corrected chi connectivity index (χ0v) is 26.6. The van der Waals surface area contributed by atoms with Crippen molar-refractivity contribution in [1.29, 1.82) is 0 Å². The Bertz CT molecular complexity index is 1850. The summed E-state index contributed by atoms with van der Waals surface area (Å²) >= 11 is 0. The molecular formula is C37H40N6O3. The van der Waals surface area contributed by atoms with Gasteiger partial charge in [-0.05, 0) is 98.0 Å². The van der Waals surface area contributed by atoms with Crippen molar-refractivity contribution in [2.75, 3.05) is 54.1 Å². The molecule has 0 spiro atoms. The molecule has 4 aromatic rings. The van der Waals surface area contributed by atoms with Crippen LogP contribution in [0.1, 0.15) is 40.2 Å². The molecule has 2 amide bonds. The number of benzene rings is 3. The van der Waals surface area contributed by atoms with Gasteiger partial charge in [0.25, 0.3) is 11.5 Å². The van der Waals surface area contributed by atoms with Crippen LogP contribution in [0.2, 0.25) is 0 Å². The number of hydrogen-bond donors (Lipinski definition) is 3. The number of anilines is 5. The van der Waals surface area contributed by atoms with Crippen LogP contribution in [0.25, 0.3) is 11.1 Å². The SMILES string of the molecule is C=CC(=O)Nc1cc(Nc2cc(-c3cccc(NC(=O)c4ccc(C5CC5)cc4)c3C)cn(C)c2=O)ccc1N1CCN(C)CC1. The van der Waals surface area contributed by atoms with Gasteiger partial charge >= 0.3 is 0 Å². The van der Waals surface area contributed by atoms with Gasteiger partial charge in [-0.15, -0.1) is 0 Å². The topological polar surface area (TPSA) is 98.7 Å². The second kappa shape index (κ2) is 13.1. The lowest BCUT2D eigenvalue weighted by atomic mass is 9.99. The van der Waals surface area contributed by atoms with Gasteiger partial charge in [0, 0.05) is 61.9 Å². The zero-order chi connectivity index (χ0) is 32.4. The smallest absolute Gasteiger partial charge is 0.274 e. The van der Waals surface area contributed by atoms with Crippen LogP contribution >= 0.6 is 0 Å². The van der Waals surface area contributed by atoms with E-state index in [1.165, 1.54) is 24.5 Å². The maximum atomic E-state index is 13.3. The number of piperazine rings is 1. The number of aromatic nitrogens is 1. The first-order chi connectivity index (χ1) is 22.2. The van der Waals surface area contributed by atoms with Crippen molar-refractivity contribution in [3.05, 3.63) is 113 Å². The molecule has 1 saturated carbocycles. The third kappa shape index (κ3) is 6.74. The standard InChI is InChI=1S/C37H40N6O3/c1-5-35(44)39-32-22-29(15-16-34(32)43-19-17-41(3)18-20-43)38-33-21-28(23-42(4)37(33)46)30-7-6-8-31(24(30)2)40-36(45)27-13-11-26(12-14-27)25-9-10-25/h5-8,11-16,21-23,25,38H,1,9-10,17-20H2,2-4H3,(H,39,44)(H,40,45). The summed E-state index contributed by atoms with van der Waals surface area (Å²) in [5.74, 6) is 0.173. The normalized spacial score (nSPS) is 14.9. The molecule has 0 atom stereocenters. The van der Waals surface area contributed by atoms with Crippen molar-refractivity contribution < 1.29 is 9.59 Å². The number of nitrogens with zero attached hydrogens (tertiary/aromatic N) is 3. The Morgan fingerprint density at radius 2 is 1.61 bits per heavy atom. The summed E-state index contributed by atoms with van der Waals surface area (Å²) in [5, 5.41) is 9.30. The van der Waals surface area contributed by atoms with Gasteiger partial charge in [0.05, 0.1) is 11.4 Å². The molecule has 236 valence electrons. The zero-order valence-electron chi connectivity index (χ0n) is 26.6. The summed E-state index contributed by atoms with van der Waals surface area (Å²) in [4.78, 5) is 43.3. The fourth-order valence-corrected chi connectivity index (χ4v) is 5.93. The molecule has 9 heteroatoms. The van der Waals surface area contributed by atoms with E-state index in [1.54, 1.807) is 17.8 Å². The molecule has 1 aliphatic heterocycles. The molecule has 0 radical (unpaired) electrons. The monoisotopic (exact) mass is 616 g/mol. The number of nitrogens with one attached hydrogen (secondary N) is 3.